The van der Waals surface area contributed by atoms with Crippen molar-refractivity contribution in [1.82, 2.24) is 14.7 Å². The summed E-state index contributed by atoms with van der Waals surface area (Å²) in [4.78, 5) is 13.0. The van der Waals surface area contributed by atoms with Crippen molar-refractivity contribution in [2.45, 2.75) is 39.5 Å². The normalized spacial score (nSPS) is 13.5. The minimum Gasteiger partial charge on any atom is -0.356 e. The van der Waals surface area contributed by atoms with Crippen LogP contribution < -0.4 is 5.32 Å². The second-order valence-electron chi connectivity index (χ2n) is 6.32. The summed E-state index contributed by atoms with van der Waals surface area (Å²) < 4.78 is 9.43. The standard InChI is InChI=1S/C18H18N4O2S/c1-10-7-8-12(16-13-5-3-4-6-14(13)21-24-16)9-15(10)19-18(23)17-11(2)20-22-25-17/h7-9H,3-6H2,1-2H3,(H,19,23). The maximum absolute atomic E-state index is 12.5. The Morgan fingerprint density at radius 3 is 2.88 bits per heavy atom. The van der Waals surface area contributed by atoms with E-state index in [1.165, 1.54) is 5.56 Å². The molecular formula is C18H18N4O2S. The maximum Gasteiger partial charge on any atom is 0.269 e. The molecule has 0 spiro atoms. The van der Waals surface area contributed by atoms with Crippen LogP contribution >= 0.6 is 11.5 Å². The number of hydrogen-bond donors (Lipinski definition) is 1. The van der Waals surface area contributed by atoms with Crippen molar-refractivity contribution in [2.75, 3.05) is 5.32 Å². The predicted molar refractivity (Wildman–Crippen MR) is 95.9 cm³/mol. The van der Waals surface area contributed by atoms with Gasteiger partial charge in [-0.2, -0.15) is 0 Å². The average molecular weight is 354 g/mol. The van der Waals surface area contributed by atoms with E-state index in [9.17, 15) is 4.79 Å². The Morgan fingerprint density at radius 1 is 1.24 bits per heavy atom. The van der Waals surface area contributed by atoms with Gasteiger partial charge in [0.25, 0.3) is 5.91 Å². The van der Waals surface area contributed by atoms with E-state index in [0.717, 1.165) is 65.5 Å². The summed E-state index contributed by atoms with van der Waals surface area (Å²) >= 11 is 1.10. The number of rotatable bonds is 3. The van der Waals surface area contributed by atoms with Gasteiger partial charge >= 0.3 is 0 Å². The summed E-state index contributed by atoms with van der Waals surface area (Å²) in [5.74, 6) is 0.633. The molecule has 0 unspecified atom stereocenters. The van der Waals surface area contributed by atoms with Crippen molar-refractivity contribution in [3.8, 4) is 11.3 Å². The summed E-state index contributed by atoms with van der Waals surface area (Å²) in [5, 5.41) is 11.1. The Morgan fingerprint density at radius 2 is 2.08 bits per heavy atom. The number of nitrogens with zero attached hydrogens (tertiary/aromatic N) is 3. The molecule has 0 atom stereocenters. The van der Waals surface area contributed by atoms with E-state index in [2.05, 4.69) is 20.1 Å². The summed E-state index contributed by atoms with van der Waals surface area (Å²) in [7, 11) is 0. The molecule has 1 aromatic carbocycles. The quantitative estimate of drug-likeness (QED) is 0.770. The van der Waals surface area contributed by atoms with Gasteiger partial charge in [0.05, 0.1) is 11.4 Å². The molecule has 25 heavy (non-hydrogen) atoms. The number of amides is 1. The number of anilines is 1. The molecule has 4 rings (SSSR count). The number of benzene rings is 1. The number of aromatic nitrogens is 3. The Kier molecular flexibility index (Phi) is 4.09. The highest BCUT2D eigenvalue weighted by molar-refractivity contribution is 7.08. The Labute approximate surface area is 149 Å². The van der Waals surface area contributed by atoms with Gasteiger partial charge in [-0.05, 0) is 62.7 Å². The van der Waals surface area contributed by atoms with Crippen LogP contribution in [0.4, 0.5) is 5.69 Å². The van der Waals surface area contributed by atoms with Crippen molar-refractivity contribution in [2.24, 2.45) is 0 Å². The number of carbonyl (C=O) groups excluding carboxylic acids is 1. The van der Waals surface area contributed by atoms with Crippen LogP contribution in [-0.4, -0.2) is 20.7 Å². The van der Waals surface area contributed by atoms with Crippen molar-refractivity contribution < 1.29 is 9.32 Å². The van der Waals surface area contributed by atoms with Gasteiger partial charge in [-0.3, -0.25) is 4.79 Å². The summed E-state index contributed by atoms with van der Waals surface area (Å²) in [6.45, 7) is 3.75. The first-order valence-corrected chi connectivity index (χ1v) is 9.09. The highest BCUT2D eigenvalue weighted by Crippen LogP contribution is 2.33. The molecule has 7 heteroatoms. The molecule has 1 aliphatic carbocycles. The van der Waals surface area contributed by atoms with E-state index in [0.29, 0.717) is 10.6 Å². The molecule has 0 radical (unpaired) electrons. The molecule has 0 aliphatic heterocycles. The Balaban J connectivity index is 1.66. The smallest absolute Gasteiger partial charge is 0.269 e. The van der Waals surface area contributed by atoms with Gasteiger partial charge < -0.3 is 9.84 Å². The van der Waals surface area contributed by atoms with Crippen molar-refractivity contribution in [3.63, 3.8) is 0 Å². The third-order valence-corrected chi connectivity index (χ3v) is 5.39. The monoisotopic (exact) mass is 354 g/mol. The first-order valence-electron chi connectivity index (χ1n) is 8.32. The number of hydrogen-bond acceptors (Lipinski definition) is 6. The molecule has 3 aromatic rings. The zero-order valence-electron chi connectivity index (χ0n) is 14.1. The second-order valence-corrected chi connectivity index (χ2v) is 7.07. The van der Waals surface area contributed by atoms with Crippen LogP contribution in [0, 0.1) is 13.8 Å². The van der Waals surface area contributed by atoms with Gasteiger partial charge in [0.15, 0.2) is 5.76 Å². The van der Waals surface area contributed by atoms with Gasteiger partial charge in [0.1, 0.15) is 4.88 Å². The van der Waals surface area contributed by atoms with Gasteiger partial charge in [-0.1, -0.05) is 21.8 Å². The Hall–Kier alpha value is -2.54. The summed E-state index contributed by atoms with van der Waals surface area (Å²) in [6.07, 6.45) is 4.30. The molecule has 2 heterocycles. The van der Waals surface area contributed by atoms with Crippen LogP contribution in [0.3, 0.4) is 0 Å². The first-order chi connectivity index (χ1) is 12.1. The molecule has 0 fully saturated rings. The fourth-order valence-electron chi connectivity index (χ4n) is 3.13. The minimum absolute atomic E-state index is 0.188. The van der Waals surface area contributed by atoms with Crippen LogP contribution in [0.5, 0.6) is 0 Å². The van der Waals surface area contributed by atoms with Crippen LogP contribution in [-0.2, 0) is 12.8 Å². The van der Waals surface area contributed by atoms with Crippen molar-refractivity contribution in [1.29, 1.82) is 0 Å². The highest BCUT2D eigenvalue weighted by atomic mass is 32.1. The predicted octanol–water partition coefficient (Wildman–Crippen LogP) is 3.94. The molecule has 0 saturated heterocycles. The van der Waals surface area contributed by atoms with Crippen LogP contribution in [0.1, 0.15) is 45.0 Å². The lowest BCUT2D eigenvalue weighted by atomic mass is 9.93. The third-order valence-electron chi connectivity index (χ3n) is 4.57. The van der Waals surface area contributed by atoms with Gasteiger partial charge in [-0.25, -0.2) is 0 Å². The van der Waals surface area contributed by atoms with Crippen LogP contribution in [0.15, 0.2) is 22.7 Å². The summed E-state index contributed by atoms with van der Waals surface area (Å²) in [5.41, 5.74) is 5.60. The van der Waals surface area contributed by atoms with Crippen LogP contribution in [0.25, 0.3) is 11.3 Å². The third kappa shape index (κ3) is 2.95. The topological polar surface area (TPSA) is 80.9 Å². The fraction of sp³-hybridized carbons (Fsp3) is 0.333. The van der Waals surface area contributed by atoms with E-state index in [1.807, 2.05) is 25.1 Å². The lowest BCUT2D eigenvalue weighted by molar-refractivity contribution is 0.102. The molecule has 1 amide bonds. The molecule has 2 aromatic heterocycles. The fourth-order valence-corrected chi connectivity index (χ4v) is 3.69. The lowest BCUT2D eigenvalue weighted by Crippen LogP contribution is -2.12. The van der Waals surface area contributed by atoms with Crippen molar-refractivity contribution >= 4 is 23.1 Å². The van der Waals surface area contributed by atoms with E-state index >= 15 is 0 Å². The van der Waals surface area contributed by atoms with E-state index in [-0.39, 0.29) is 5.91 Å². The minimum atomic E-state index is -0.188. The molecule has 1 N–H and O–H groups in total. The number of aryl methyl sites for hydroxylation is 3. The van der Waals surface area contributed by atoms with Crippen LogP contribution in [0.2, 0.25) is 0 Å². The first kappa shape index (κ1) is 16.0. The van der Waals surface area contributed by atoms with E-state index in [1.54, 1.807) is 6.92 Å². The van der Waals surface area contributed by atoms with Gasteiger partial charge in [-0.15, -0.1) is 5.10 Å². The lowest BCUT2D eigenvalue weighted by Gasteiger charge is -2.11. The average Bonchev–Trinajstić information content (AvgIpc) is 3.23. The number of nitrogens with one attached hydrogen (secondary N) is 1. The summed E-state index contributed by atoms with van der Waals surface area (Å²) in [6, 6.07) is 5.95. The Bertz CT molecular complexity index is 944. The SMILES string of the molecule is Cc1ccc(-c2onc3c2CCCC3)cc1NC(=O)c1snnc1C. The molecule has 0 saturated carbocycles. The number of fused-ring (bicyclic) bond motifs is 1. The van der Waals surface area contributed by atoms with Gasteiger partial charge in [0.2, 0.25) is 0 Å². The van der Waals surface area contributed by atoms with Crippen molar-refractivity contribution in [3.05, 3.63) is 45.6 Å². The zero-order chi connectivity index (χ0) is 17.4. The molecule has 6 nitrogen and oxygen atoms in total. The maximum atomic E-state index is 12.5. The molecule has 128 valence electrons. The molecule has 1 aliphatic rings. The zero-order valence-corrected chi connectivity index (χ0v) is 14.9. The van der Waals surface area contributed by atoms with E-state index < -0.39 is 0 Å². The molecule has 0 bridgehead atoms. The molecular weight excluding hydrogens is 336 g/mol. The highest BCUT2D eigenvalue weighted by Gasteiger charge is 2.21. The van der Waals surface area contributed by atoms with Gasteiger partial charge in [0, 0.05) is 16.8 Å². The second kappa shape index (κ2) is 6.40. The largest absolute Gasteiger partial charge is 0.356 e. The number of carbonyl (C=O) groups is 1. The van der Waals surface area contributed by atoms with E-state index in [4.69, 9.17) is 4.52 Å².